The molecule has 0 heterocycles. The zero-order chi connectivity index (χ0) is 14.3. The van der Waals surface area contributed by atoms with Gasteiger partial charge in [-0.1, -0.05) is 46.5 Å². The van der Waals surface area contributed by atoms with Crippen molar-refractivity contribution in [2.24, 2.45) is 5.92 Å². The number of nitrogens with one attached hydrogen (secondary N) is 1. The molecule has 1 atom stereocenters. The second-order valence-corrected chi connectivity index (χ2v) is 6.01. The lowest BCUT2D eigenvalue weighted by Crippen LogP contribution is -2.29. The van der Waals surface area contributed by atoms with Gasteiger partial charge in [-0.05, 0) is 44.7 Å². The molecule has 2 nitrogen and oxygen atoms in total. The van der Waals surface area contributed by atoms with Crippen LogP contribution >= 0.6 is 15.9 Å². The van der Waals surface area contributed by atoms with Crippen molar-refractivity contribution in [1.82, 2.24) is 5.32 Å². The lowest BCUT2D eigenvalue weighted by Gasteiger charge is -2.16. The molecule has 0 radical (unpaired) electrons. The van der Waals surface area contributed by atoms with Gasteiger partial charge in [0.25, 0.3) is 5.91 Å². The van der Waals surface area contributed by atoms with E-state index < -0.39 is 0 Å². The molecule has 0 saturated carbocycles. The number of carbonyl (C=O) groups excluding carboxylic acids is 1. The van der Waals surface area contributed by atoms with Gasteiger partial charge in [0.1, 0.15) is 0 Å². The number of halogens is 1. The predicted molar refractivity (Wildman–Crippen MR) is 85.1 cm³/mol. The van der Waals surface area contributed by atoms with E-state index in [1.807, 2.05) is 26.0 Å². The number of benzene rings is 1. The van der Waals surface area contributed by atoms with E-state index in [-0.39, 0.29) is 5.91 Å². The minimum Gasteiger partial charge on any atom is -0.352 e. The second-order valence-electron chi connectivity index (χ2n) is 5.22. The standard InChI is InChI=1S/C16H24BrNO/c1-4-5-14(6-7-17)11-18-16(19)15-9-12(2)8-13(3)10-15/h8-10,14H,4-7,11H2,1-3H3,(H,18,19). The van der Waals surface area contributed by atoms with Gasteiger partial charge in [-0.3, -0.25) is 4.79 Å². The third kappa shape index (κ3) is 5.77. The first-order valence-electron chi connectivity index (χ1n) is 6.99. The van der Waals surface area contributed by atoms with Crippen molar-refractivity contribution in [3.8, 4) is 0 Å². The molecule has 0 bridgehead atoms. The van der Waals surface area contributed by atoms with Crippen LogP contribution in [0.1, 0.15) is 47.7 Å². The highest BCUT2D eigenvalue weighted by molar-refractivity contribution is 9.09. The molecule has 1 unspecified atom stereocenters. The summed E-state index contributed by atoms with van der Waals surface area (Å²) in [7, 11) is 0. The molecule has 1 N–H and O–H groups in total. The molecule has 19 heavy (non-hydrogen) atoms. The highest BCUT2D eigenvalue weighted by Gasteiger charge is 2.11. The molecule has 0 aliphatic rings. The van der Waals surface area contributed by atoms with Gasteiger partial charge < -0.3 is 5.32 Å². The molecule has 0 aliphatic carbocycles. The molecule has 0 saturated heterocycles. The zero-order valence-electron chi connectivity index (χ0n) is 12.1. The zero-order valence-corrected chi connectivity index (χ0v) is 13.7. The van der Waals surface area contributed by atoms with E-state index in [9.17, 15) is 4.79 Å². The fourth-order valence-corrected chi connectivity index (χ4v) is 3.00. The maximum Gasteiger partial charge on any atom is 0.251 e. The van der Waals surface area contributed by atoms with Gasteiger partial charge >= 0.3 is 0 Å². The Balaban J connectivity index is 2.58. The number of aryl methyl sites for hydroxylation is 2. The van der Waals surface area contributed by atoms with Crippen LogP contribution in [0.3, 0.4) is 0 Å². The fraction of sp³-hybridized carbons (Fsp3) is 0.562. The molecule has 0 aliphatic heterocycles. The van der Waals surface area contributed by atoms with Crippen LogP contribution in [0.4, 0.5) is 0 Å². The molecule has 3 heteroatoms. The Morgan fingerprint density at radius 1 is 1.21 bits per heavy atom. The van der Waals surface area contributed by atoms with E-state index in [2.05, 4.69) is 34.2 Å². The van der Waals surface area contributed by atoms with E-state index in [0.717, 1.165) is 41.4 Å². The summed E-state index contributed by atoms with van der Waals surface area (Å²) >= 11 is 3.48. The van der Waals surface area contributed by atoms with Crippen molar-refractivity contribution in [3.63, 3.8) is 0 Å². The number of rotatable bonds is 7. The smallest absolute Gasteiger partial charge is 0.251 e. The van der Waals surface area contributed by atoms with Crippen LogP contribution in [0, 0.1) is 19.8 Å². The average molecular weight is 326 g/mol. The minimum absolute atomic E-state index is 0.0440. The molecule has 1 amide bonds. The Morgan fingerprint density at radius 3 is 2.37 bits per heavy atom. The Bertz CT molecular complexity index is 391. The molecule has 106 valence electrons. The third-order valence-electron chi connectivity index (χ3n) is 3.25. The average Bonchev–Trinajstić information content (AvgIpc) is 2.35. The van der Waals surface area contributed by atoms with Gasteiger partial charge in [-0.25, -0.2) is 0 Å². The number of carbonyl (C=O) groups is 1. The fourth-order valence-electron chi connectivity index (χ4n) is 2.36. The lowest BCUT2D eigenvalue weighted by molar-refractivity contribution is 0.0946. The lowest BCUT2D eigenvalue weighted by atomic mass is 10.0. The van der Waals surface area contributed by atoms with Crippen LogP contribution < -0.4 is 5.32 Å². The summed E-state index contributed by atoms with van der Waals surface area (Å²) in [4.78, 5) is 12.1. The molecule has 0 spiro atoms. The Hall–Kier alpha value is -0.830. The van der Waals surface area contributed by atoms with Crippen molar-refractivity contribution >= 4 is 21.8 Å². The quantitative estimate of drug-likeness (QED) is 0.746. The van der Waals surface area contributed by atoms with E-state index in [0.29, 0.717) is 5.92 Å². The first-order chi connectivity index (χ1) is 9.06. The maximum atomic E-state index is 12.1. The summed E-state index contributed by atoms with van der Waals surface area (Å²) in [5, 5.41) is 4.06. The van der Waals surface area contributed by atoms with Crippen LogP contribution in [0.5, 0.6) is 0 Å². The number of hydrogen-bond acceptors (Lipinski definition) is 1. The van der Waals surface area contributed by atoms with Gasteiger partial charge in [0.2, 0.25) is 0 Å². The van der Waals surface area contributed by atoms with Crippen LogP contribution in [0.15, 0.2) is 18.2 Å². The molecule has 0 fully saturated rings. The van der Waals surface area contributed by atoms with Crippen LogP contribution in [0.2, 0.25) is 0 Å². The van der Waals surface area contributed by atoms with Gasteiger partial charge in [-0.15, -0.1) is 0 Å². The van der Waals surface area contributed by atoms with E-state index >= 15 is 0 Å². The van der Waals surface area contributed by atoms with E-state index in [1.54, 1.807) is 0 Å². The van der Waals surface area contributed by atoms with Gasteiger partial charge in [0, 0.05) is 17.4 Å². The molecule has 1 rings (SSSR count). The summed E-state index contributed by atoms with van der Waals surface area (Å²) in [6, 6.07) is 5.98. The van der Waals surface area contributed by atoms with Crippen molar-refractivity contribution in [1.29, 1.82) is 0 Å². The van der Waals surface area contributed by atoms with Gasteiger partial charge in [0.05, 0.1) is 0 Å². The van der Waals surface area contributed by atoms with Gasteiger partial charge in [-0.2, -0.15) is 0 Å². The minimum atomic E-state index is 0.0440. The monoisotopic (exact) mass is 325 g/mol. The molecular weight excluding hydrogens is 302 g/mol. The van der Waals surface area contributed by atoms with E-state index in [4.69, 9.17) is 0 Å². The van der Waals surface area contributed by atoms with Crippen molar-refractivity contribution in [3.05, 3.63) is 34.9 Å². The second kappa shape index (κ2) is 8.36. The largest absolute Gasteiger partial charge is 0.352 e. The van der Waals surface area contributed by atoms with Crippen LogP contribution in [-0.4, -0.2) is 17.8 Å². The van der Waals surface area contributed by atoms with Crippen molar-refractivity contribution < 1.29 is 4.79 Å². The van der Waals surface area contributed by atoms with Crippen molar-refractivity contribution in [2.75, 3.05) is 11.9 Å². The van der Waals surface area contributed by atoms with Crippen LogP contribution in [0.25, 0.3) is 0 Å². The summed E-state index contributed by atoms with van der Waals surface area (Å²) < 4.78 is 0. The van der Waals surface area contributed by atoms with Crippen LogP contribution in [-0.2, 0) is 0 Å². The topological polar surface area (TPSA) is 29.1 Å². The van der Waals surface area contributed by atoms with E-state index in [1.165, 1.54) is 6.42 Å². The highest BCUT2D eigenvalue weighted by atomic mass is 79.9. The first kappa shape index (κ1) is 16.2. The highest BCUT2D eigenvalue weighted by Crippen LogP contribution is 2.13. The number of alkyl halides is 1. The Morgan fingerprint density at radius 2 is 1.84 bits per heavy atom. The predicted octanol–water partition coefficient (Wildman–Crippen LogP) is 4.23. The summed E-state index contributed by atoms with van der Waals surface area (Å²) in [6.07, 6.45) is 3.44. The van der Waals surface area contributed by atoms with Crippen molar-refractivity contribution in [2.45, 2.75) is 40.0 Å². The molecule has 1 aromatic rings. The number of hydrogen-bond donors (Lipinski definition) is 1. The summed E-state index contributed by atoms with van der Waals surface area (Å²) in [6.45, 7) is 7.00. The Kier molecular flexibility index (Phi) is 7.14. The van der Waals surface area contributed by atoms with Gasteiger partial charge in [0.15, 0.2) is 0 Å². The Labute approximate surface area is 125 Å². The molecular formula is C16H24BrNO. The summed E-state index contributed by atoms with van der Waals surface area (Å²) in [5.41, 5.74) is 3.04. The maximum absolute atomic E-state index is 12.1. The molecule has 1 aromatic carbocycles. The normalized spacial score (nSPS) is 12.2. The third-order valence-corrected chi connectivity index (χ3v) is 3.71. The first-order valence-corrected chi connectivity index (χ1v) is 8.11. The number of amides is 1. The summed E-state index contributed by atoms with van der Waals surface area (Å²) in [5.74, 6) is 0.613. The molecule has 0 aromatic heterocycles. The SMILES string of the molecule is CCCC(CCBr)CNC(=O)c1cc(C)cc(C)c1.